The number of aromatic nitrogens is 1. The summed E-state index contributed by atoms with van der Waals surface area (Å²) in [6.07, 6.45) is 6.68. The predicted octanol–water partition coefficient (Wildman–Crippen LogP) is 3.02. The Labute approximate surface area is 244 Å². The predicted molar refractivity (Wildman–Crippen MR) is 157 cm³/mol. The van der Waals surface area contributed by atoms with Gasteiger partial charge in [0.1, 0.15) is 0 Å². The van der Waals surface area contributed by atoms with Crippen LogP contribution < -0.4 is 30.7 Å². The highest BCUT2D eigenvalue weighted by Gasteiger charge is 2.26. The van der Waals surface area contributed by atoms with Crippen LogP contribution >= 0.6 is 0 Å². The van der Waals surface area contributed by atoms with Crippen molar-refractivity contribution < 1.29 is 23.9 Å². The molecule has 218 valence electrons. The molecule has 0 bridgehead atoms. The van der Waals surface area contributed by atoms with Gasteiger partial charge in [-0.25, -0.2) is 0 Å². The number of piperazine rings is 1. The highest BCUT2D eigenvalue weighted by Crippen LogP contribution is 2.34. The lowest BCUT2D eigenvalue weighted by Crippen LogP contribution is -2.49. The lowest BCUT2D eigenvalue weighted by atomic mass is 9.91. The van der Waals surface area contributed by atoms with Gasteiger partial charge in [-0.15, -0.1) is 0 Å². The number of fused-ring (bicyclic) bond motifs is 1. The molecule has 1 aromatic heterocycles. The molecule has 0 unspecified atom stereocenters. The van der Waals surface area contributed by atoms with Crippen LogP contribution in [0.25, 0.3) is 0 Å². The Morgan fingerprint density at radius 3 is 2.33 bits per heavy atom. The molecule has 0 radical (unpaired) electrons. The third-order valence-corrected chi connectivity index (χ3v) is 8.06. The SMILES string of the molecule is NC1CCC(NC(=O)c2ccc(N3CCN(C(=O)c4cccnc4)CC3)c(NC(=O)c3ccc4c(c3)OCO4)c2)CC1. The van der Waals surface area contributed by atoms with Crippen LogP contribution in [0.15, 0.2) is 60.9 Å². The van der Waals surface area contributed by atoms with Crippen LogP contribution in [0.2, 0.25) is 0 Å². The fourth-order valence-corrected chi connectivity index (χ4v) is 5.64. The molecule has 3 aromatic rings. The molecule has 11 heteroatoms. The summed E-state index contributed by atoms with van der Waals surface area (Å²) in [6, 6.07) is 14.2. The van der Waals surface area contributed by atoms with Crippen molar-refractivity contribution in [2.75, 3.05) is 43.2 Å². The third kappa shape index (κ3) is 6.01. The second-order valence-electron chi connectivity index (χ2n) is 10.9. The minimum Gasteiger partial charge on any atom is -0.454 e. The van der Waals surface area contributed by atoms with E-state index in [1.54, 1.807) is 59.8 Å². The number of hydrogen-bond donors (Lipinski definition) is 3. The van der Waals surface area contributed by atoms with Crippen molar-refractivity contribution in [2.24, 2.45) is 5.73 Å². The average molecular weight is 571 g/mol. The Hall–Kier alpha value is -4.64. The number of anilines is 2. The van der Waals surface area contributed by atoms with E-state index in [9.17, 15) is 14.4 Å². The molecule has 2 aromatic carbocycles. The molecule has 1 aliphatic carbocycles. The Balaban J connectivity index is 1.21. The number of benzene rings is 2. The number of pyridine rings is 1. The largest absolute Gasteiger partial charge is 0.454 e. The lowest BCUT2D eigenvalue weighted by Gasteiger charge is -2.37. The number of amides is 3. The molecule has 11 nitrogen and oxygen atoms in total. The molecule has 0 spiro atoms. The number of carbonyl (C=O) groups excluding carboxylic acids is 3. The van der Waals surface area contributed by atoms with E-state index in [0.717, 1.165) is 31.4 Å². The third-order valence-electron chi connectivity index (χ3n) is 8.06. The summed E-state index contributed by atoms with van der Waals surface area (Å²) in [4.78, 5) is 47.5. The van der Waals surface area contributed by atoms with Crippen molar-refractivity contribution in [3.05, 3.63) is 77.6 Å². The highest BCUT2D eigenvalue weighted by atomic mass is 16.7. The van der Waals surface area contributed by atoms with Gasteiger partial charge in [0.25, 0.3) is 17.7 Å². The van der Waals surface area contributed by atoms with Crippen LogP contribution in [0, 0.1) is 0 Å². The normalized spacial score (nSPS) is 19.7. The van der Waals surface area contributed by atoms with Crippen molar-refractivity contribution in [3.8, 4) is 11.5 Å². The Bertz CT molecular complexity index is 1470. The van der Waals surface area contributed by atoms with Gasteiger partial charge >= 0.3 is 0 Å². The van der Waals surface area contributed by atoms with Gasteiger partial charge in [0.05, 0.1) is 16.9 Å². The maximum Gasteiger partial charge on any atom is 0.255 e. The van der Waals surface area contributed by atoms with Gasteiger partial charge in [0, 0.05) is 61.8 Å². The van der Waals surface area contributed by atoms with E-state index in [-0.39, 0.29) is 36.6 Å². The Morgan fingerprint density at radius 1 is 0.833 bits per heavy atom. The van der Waals surface area contributed by atoms with Gasteiger partial charge in [-0.05, 0) is 74.2 Å². The topological polar surface area (TPSA) is 139 Å². The lowest BCUT2D eigenvalue weighted by molar-refractivity contribution is 0.0746. The fourth-order valence-electron chi connectivity index (χ4n) is 5.64. The number of nitrogens with two attached hydrogens (primary N) is 1. The standard InChI is InChI=1S/C31H34N6O5/c32-23-5-7-24(8-6-23)34-29(38)20-3-9-26(36-12-14-37(15-13-36)31(40)22-2-1-11-33-18-22)25(16-20)35-30(39)21-4-10-27-28(17-21)42-19-41-27/h1-4,9-11,16-18,23-24H,5-8,12-15,19,32H2,(H,34,38)(H,35,39). The minimum atomic E-state index is -0.334. The smallest absolute Gasteiger partial charge is 0.255 e. The number of nitrogens with zero attached hydrogens (tertiary/aromatic N) is 3. The van der Waals surface area contributed by atoms with E-state index < -0.39 is 0 Å². The summed E-state index contributed by atoms with van der Waals surface area (Å²) in [6.45, 7) is 2.26. The van der Waals surface area contributed by atoms with E-state index >= 15 is 0 Å². The van der Waals surface area contributed by atoms with Crippen LogP contribution in [-0.4, -0.2) is 72.7 Å². The molecule has 3 aliphatic rings. The molecule has 2 fully saturated rings. The number of hydrogen-bond acceptors (Lipinski definition) is 8. The summed E-state index contributed by atoms with van der Waals surface area (Å²) < 4.78 is 10.8. The van der Waals surface area contributed by atoms with E-state index in [1.807, 2.05) is 6.07 Å². The monoisotopic (exact) mass is 570 g/mol. The summed E-state index contributed by atoms with van der Waals surface area (Å²) in [5.74, 6) is 0.520. The molecule has 1 saturated heterocycles. The maximum absolute atomic E-state index is 13.4. The first-order valence-electron chi connectivity index (χ1n) is 14.3. The molecule has 4 N–H and O–H groups in total. The zero-order valence-corrected chi connectivity index (χ0v) is 23.3. The van der Waals surface area contributed by atoms with Gasteiger partial charge in [-0.3, -0.25) is 19.4 Å². The molecule has 6 rings (SSSR count). The number of rotatable bonds is 6. The summed E-state index contributed by atoms with van der Waals surface area (Å²) >= 11 is 0. The van der Waals surface area contributed by atoms with Crippen LogP contribution in [0.4, 0.5) is 11.4 Å². The van der Waals surface area contributed by atoms with Gasteiger partial charge in [-0.2, -0.15) is 0 Å². The summed E-state index contributed by atoms with van der Waals surface area (Å²) in [5.41, 5.74) is 8.74. The summed E-state index contributed by atoms with van der Waals surface area (Å²) in [5, 5.41) is 6.15. The van der Waals surface area contributed by atoms with Gasteiger partial charge < -0.3 is 35.6 Å². The molecule has 1 saturated carbocycles. The number of ether oxygens (including phenoxy) is 2. The van der Waals surface area contributed by atoms with Gasteiger partial charge in [0.15, 0.2) is 11.5 Å². The van der Waals surface area contributed by atoms with Crippen molar-refractivity contribution in [3.63, 3.8) is 0 Å². The second-order valence-corrected chi connectivity index (χ2v) is 10.9. The molecular weight excluding hydrogens is 536 g/mol. The first-order chi connectivity index (χ1) is 20.4. The van der Waals surface area contributed by atoms with Crippen molar-refractivity contribution in [1.82, 2.24) is 15.2 Å². The second kappa shape index (κ2) is 12.1. The van der Waals surface area contributed by atoms with E-state index in [2.05, 4.69) is 20.5 Å². The summed E-state index contributed by atoms with van der Waals surface area (Å²) in [7, 11) is 0. The van der Waals surface area contributed by atoms with Gasteiger partial charge in [-0.1, -0.05) is 0 Å². The molecule has 2 aliphatic heterocycles. The fraction of sp³-hybridized carbons (Fsp3) is 0.355. The van der Waals surface area contributed by atoms with Crippen molar-refractivity contribution >= 4 is 29.1 Å². The van der Waals surface area contributed by atoms with E-state index in [4.69, 9.17) is 15.2 Å². The number of nitrogens with one attached hydrogen (secondary N) is 2. The maximum atomic E-state index is 13.4. The highest BCUT2D eigenvalue weighted by molar-refractivity contribution is 6.07. The quantitative estimate of drug-likeness (QED) is 0.411. The van der Waals surface area contributed by atoms with Crippen LogP contribution in [0.3, 0.4) is 0 Å². The Morgan fingerprint density at radius 2 is 1.57 bits per heavy atom. The minimum absolute atomic E-state index is 0.0604. The molecule has 3 amide bonds. The van der Waals surface area contributed by atoms with Crippen molar-refractivity contribution in [2.45, 2.75) is 37.8 Å². The van der Waals surface area contributed by atoms with Crippen LogP contribution in [0.5, 0.6) is 11.5 Å². The van der Waals surface area contributed by atoms with Crippen LogP contribution in [-0.2, 0) is 0 Å². The molecular formula is C31H34N6O5. The van der Waals surface area contributed by atoms with Crippen LogP contribution in [0.1, 0.15) is 56.8 Å². The molecule has 0 atom stereocenters. The first-order valence-corrected chi connectivity index (χ1v) is 14.3. The zero-order valence-electron chi connectivity index (χ0n) is 23.3. The first kappa shape index (κ1) is 27.5. The van der Waals surface area contributed by atoms with E-state index in [1.165, 1.54) is 0 Å². The Kier molecular flexibility index (Phi) is 7.91. The molecule has 3 heterocycles. The average Bonchev–Trinajstić information content (AvgIpc) is 3.50. The zero-order chi connectivity index (χ0) is 29.1. The number of carbonyl (C=O) groups is 3. The molecule has 42 heavy (non-hydrogen) atoms. The van der Waals surface area contributed by atoms with E-state index in [0.29, 0.717) is 60.1 Å². The van der Waals surface area contributed by atoms with Crippen molar-refractivity contribution in [1.29, 1.82) is 0 Å². The van der Waals surface area contributed by atoms with Gasteiger partial charge in [0.2, 0.25) is 6.79 Å².